The van der Waals surface area contributed by atoms with E-state index in [1.54, 1.807) is 0 Å². The lowest BCUT2D eigenvalue weighted by molar-refractivity contribution is -0.139. The van der Waals surface area contributed by atoms with Crippen LogP contribution in [-0.2, 0) is 4.79 Å². The maximum Gasteiger partial charge on any atom is 0.326 e. The Morgan fingerprint density at radius 1 is 1.50 bits per heavy atom. The molecule has 6 heteroatoms. The number of aliphatic carboxylic acids is 1. The lowest BCUT2D eigenvalue weighted by Crippen LogP contribution is -2.37. The van der Waals surface area contributed by atoms with Crippen LogP contribution in [0.3, 0.4) is 0 Å². The monoisotopic (exact) mass is 241 g/mol. The number of carboxylic acids is 1. The quantitative estimate of drug-likeness (QED) is 0.843. The Hall–Kier alpha value is -1.17. The molecule has 0 saturated heterocycles. The van der Waals surface area contributed by atoms with Gasteiger partial charge in [-0.2, -0.15) is 4.37 Å². The molecule has 0 radical (unpaired) electrons. The third-order valence-corrected chi connectivity index (χ3v) is 3.62. The van der Waals surface area contributed by atoms with Gasteiger partial charge < -0.3 is 10.4 Å². The van der Waals surface area contributed by atoms with E-state index < -0.39 is 12.0 Å². The summed E-state index contributed by atoms with van der Waals surface area (Å²) in [5.74, 6) is -0.572. The molecule has 2 N–H and O–H groups in total. The second-order valence-corrected chi connectivity index (χ2v) is 4.88. The van der Waals surface area contributed by atoms with Crippen LogP contribution in [-0.4, -0.2) is 26.5 Å². The first kappa shape index (κ1) is 11.3. The van der Waals surface area contributed by atoms with Crippen molar-refractivity contribution in [1.82, 2.24) is 9.36 Å². The first-order valence-corrected chi connectivity index (χ1v) is 6.31. The van der Waals surface area contributed by atoms with Crippen LogP contribution >= 0.6 is 11.5 Å². The van der Waals surface area contributed by atoms with Crippen LogP contribution in [0.2, 0.25) is 0 Å². The number of carbonyl (C=O) groups is 1. The Morgan fingerprint density at radius 2 is 2.25 bits per heavy atom. The van der Waals surface area contributed by atoms with Gasteiger partial charge in [0.05, 0.1) is 0 Å². The molecule has 2 rings (SSSR count). The molecule has 0 aliphatic heterocycles. The number of hydrogen-bond donors (Lipinski definition) is 2. The van der Waals surface area contributed by atoms with E-state index in [1.165, 1.54) is 24.3 Å². The number of hydrogen-bond acceptors (Lipinski definition) is 5. The molecule has 1 fully saturated rings. The minimum Gasteiger partial charge on any atom is -0.480 e. The third-order valence-electron chi connectivity index (χ3n) is 3.03. The molecule has 1 aliphatic carbocycles. The zero-order valence-electron chi connectivity index (χ0n) is 8.93. The molecule has 1 atom stereocenters. The van der Waals surface area contributed by atoms with Crippen LogP contribution in [0.4, 0.5) is 5.13 Å². The van der Waals surface area contributed by atoms with Gasteiger partial charge in [0.15, 0.2) is 0 Å². The summed E-state index contributed by atoms with van der Waals surface area (Å²) >= 11 is 1.20. The molecule has 0 aromatic carbocycles. The van der Waals surface area contributed by atoms with Crippen molar-refractivity contribution < 1.29 is 9.90 Å². The Bertz CT molecular complexity index is 336. The number of nitrogens with zero attached hydrogens (tertiary/aromatic N) is 2. The summed E-state index contributed by atoms with van der Waals surface area (Å²) in [7, 11) is 0. The summed E-state index contributed by atoms with van der Waals surface area (Å²) < 4.78 is 3.85. The van der Waals surface area contributed by atoms with E-state index in [-0.39, 0.29) is 5.92 Å². The van der Waals surface area contributed by atoms with Crippen LogP contribution in [0.1, 0.15) is 32.1 Å². The third kappa shape index (κ3) is 2.69. The van der Waals surface area contributed by atoms with E-state index in [9.17, 15) is 9.90 Å². The molecule has 16 heavy (non-hydrogen) atoms. The number of carboxylic acid groups (broad SMARTS) is 1. The lowest BCUT2D eigenvalue weighted by atomic mass is 9.84. The van der Waals surface area contributed by atoms with E-state index in [0.717, 1.165) is 25.7 Å². The largest absolute Gasteiger partial charge is 0.480 e. The normalized spacial score (nSPS) is 19.2. The minimum absolute atomic E-state index is 0.218. The Balaban J connectivity index is 2.01. The zero-order chi connectivity index (χ0) is 11.4. The Morgan fingerprint density at radius 3 is 2.81 bits per heavy atom. The highest BCUT2D eigenvalue weighted by atomic mass is 32.1. The van der Waals surface area contributed by atoms with E-state index >= 15 is 0 Å². The van der Waals surface area contributed by atoms with Crippen molar-refractivity contribution in [3.05, 3.63) is 6.33 Å². The van der Waals surface area contributed by atoms with E-state index in [4.69, 9.17) is 0 Å². The summed E-state index contributed by atoms with van der Waals surface area (Å²) in [6, 6.07) is -0.520. The fourth-order valence-corrected chi connectivity index (χ4v) is 2.69. The van der Waals surface area contributed by atoms with Crippen molar-refractivity contribution in [2.45, 2.75) is 38.1 Å². The fraction of sp³-hybridized carbons (Fsp3) is 0.700. The van der Waals surface area contributed by atoms with Gasteiger partial charge in [-0.15, -0.1) is 0 Å². The predicted octanol–water partition coefficient (Wildman–Crippen LogP) is 1.98. The maximum atomic E-state index is 11.2. The summed E-state index contributed by atoms with van der Waals surface area (Å²) in [6.45, 7) is 0. The first-order valence-electron chi connectivity index (χ1n) is 5.53. The van der Waals surface area contributed by atoms with Crippen LogP contribution < -0.4 is 5.32 Å². The lowest BCUT2D eigenvalue weighted by Gasteiger charge is -2.27. The molecule has 1 unspecified atom stereocenters. The molecule has 1 aliphatic rings. The van der Waals surface area contributed by atoms with Crippen molar-refractivity contribution in [3.8, 4) is 0 Å². The molecule has 88 valence electrons. The van der Waals surface area contributed by atoms with Gasteiger partial charge in [0.1, 0.15) is 12.4 Å². The van der Waals surface area contributed by atoms with Gasteiger partial charge in [0, 0.05) is 11.5 Å². The molecule has 0 amide bonds. The summed E-state index contributed by atoms with van der Waals surface area (Å²) in [5.41, 5.74) is 0. The topological polar surface area (TPSA) is 75.1 Å². The first-order chi connectivity index (χ1) is 7.77. The summed E-state index contributed by atoms with van der Waals surface area (Å²) in [6.07, 6.45) is 6.90. The molecule has 1 aromatic heterocycles. The second-order valence-electron chi connectivity index (χ2n) is 4.10. The van der Waals surface area contributed by atoms with Crippen LogP contribution in [0.15, 0.2) is 6.33 Å². The van der Waals surface area contributed by atoms with E-state index in [2.05, 4.69) is 14.7 Å². The van der Waals surface area contributed by atoms with Crippen LogP contribution in [0.5, 0.6) is 0 Å². The smallest absolute Gasteiger partial charge is 0.326 e. The zero-order valence-corrected chi connectivity index (χ0v) is 9.74. The standard InChI is InChI=1S/C10H15N3O2S/c14-9(15)8(7-4-2-1-3-5-7)13-10-11-6-12-16-10/h6-8H,1-5H2,(H,14,15)(H,11,12,13). The predicted molar refractivity (Wildman–Crippen MR) is 61.5 cm³/mol. The highest BCUT2D eigenvalue weighted by Crippen LogP contribution is 2.28. The van der Waals surface area contributed by atoms with Gasteiger partial charge in [0.25, 0.3) is 0 Å². The van der Waals surface area contributed by atoms with E-state index in [1.807, 2.05) is 0 Å². The fourth-order valence-electron chi connectivity index (χ4n) is 2.22. The van der Waals surface area contributed by atoms with Crippen molar-refractivity contribution >= 4 is 22.6 Å². The Labute approximate surface area is 98.1 Å². The van der Waals surface area contributed by atoms with Gasteiger partial charge in [-0.3, -0.25) is 0 Å². The Kier molecular flexibility index (Phi) is 3.71. The van der Waals surface area contributed by atoms with Gasteiger partial charge in [-0.1, -0.05) is 19.3 Å². The number of aromatic nitrogens is 2. The molecule has 1 heterocycles. The number of nitrogens with one attached hydrogen (secondary N) is 1. The molecular formula is C10H15N3O2S. The highest BCUT2D eigenvalue weighted by Gasteiger charge is 2.29. The number of rotatable bonds is 4. The van der Waals surface area contributed by atoms with E-state index in [0.29, 0.717) is 5.13 Å². The van der Waals surface area contributed by atoms with Gasteiger partial charge in [-0.25, -0.2) is 9.78 Å². The van der Waals surface area contributed by atoms with Gasteiger partial charge in [-0.05, 0) is 18.8 Å². The van der Waals surface area contributed by atoms with Gasteiger partial charge >= 0.3 is 5.97 Å². The van der Waals surface area contributed by atoms with Crippen molar-refractivity contribution in [1.29, 1.82) is 0 Å². The average molecular weight is 241 g/mol. The highest BCUT2D eigenvalue weighted by molar-refractivity contribution is 7.09. The summed E-state index contributed by atoms with van der Waals surface area (Å²) in [5, 5.41) is 12.8. The maximum absolute atomic E-state index is 11.2. The van der Waals surface area contributed by atoms with Crippen LogP contribution in [0.25, 0.3) is 0 Å². The molecular weight excluding hydrogens is 226 g/mol. The number of anilines is 1. The average Bonchev–Trinajstić information content (AvgIpc) is 2.79. The summed E-state index contributed by atoms with van der Waals surface area (Å²) in [4.78, 5) is 15.2. The minimum atomic E-state index is -0.790. The molecule has 0 spiro atoms. The molecule has 5 nitrogen and oxygen atoms in total. The molecule has 0 bridgehead atoms. The van der Waals surface area contributed by atoms with Gasteiger partial charge in [0.2, 0.25) is 5.13 Å². The van der Waals surface area contributed by atoms with Crippen molar-refractivity contribution in [2.24, 2.45) is 5.92 Å². The van der Waals surface area contributed by atoms with Crippen molar-refractivity contribution in [2.75, 3.05) is 5.32 Å². The molecule has 1 saturated carbocycles. The van der Waals surface area contributed by atoms with Crippen LogP contribution in [0, 0.1) is 5.92 Å². The second kappa shape index (κ2) is 5.25. The van der Waals surface area contributed by atoms with Crippen molar-refractivity contribution in [3.63, 3.8) is 0 Å². The SMILES string of the molecule is O=C(O)C(Nc1ncns1)C1CCCCC1. The molecule has 1 aromatic rings.